The van der Waals surface area contributed by atoms with Gasteiger partial charge in [-0.2, -0.15) is 4.31 Å². The number of alkyl halides is 1. The van der Waals surface area contributed by atoms with Gasteiger partial charge in [0.2, 0.25) is 21.9 Å². The molecule has 1 saturated heterocycles. The van der Waals surface area contributed by atoms with Gasteiger partial charge in [0.1, 0.15) is 5.38 Å². The summed E-state index contributed by atoms with van der Waals surface area (Å²) in [6.45, 7) is 3.42. The molecule has 1 atom stereocenters. The van der Waals surface area contributed by atoms with Crippen molar-refractivity contribution in [2.24, 2.45) is 0 Å². The quantitative estimate of drug-likeness (QED) is 0.697. The third-order valence-electron chi connectivity index (χ3n) is 3.49. The molecule has 0 aliphatic carbocycles. The van der Waals surface area contributed by atoms with E-state index < -0.39 is 15.4 Å². The zero-order valence-electron chi connectivity index (χ0n) is 12.9. The number of hydrogen-bond donors (Lipinski definition) is 1. The Balaban J connectivity index is 1.82. The Hall–Kier alpha value is -1.45. The van der Waals surface area contributed by atoms with Gasteiger partial charge in [0.05, 0.1) is 5.75 Å². The second-order valence-electron chi connectivity index (χ2n) is 5.16. The Kier molecular flexibility index (Phi) is 6.14. The highest BCUT2D eigenvalue weighted by Crippen LogP contribution is 2.12. The molecule has 1 N–H and O–H groups in total. The van der Waals surface area contributed by atoms with Crippen molar-refractivity contribution >= 4 is 33.5 Å². The average Bonchev–Trinajstić information content (AvgIpc) is 2.55. The minimum atomic E-state index is -3.40. The van der Waals surface area contributed by atoms with E-state index in [4.69, 9.17) is 11.6 Å². The Bertz CT molecular complexity index is 618. The predicted octanol–water partition coefficient (Wildman–Crippen LogP) is -0.328. The second kappa shape index (κ2) is 7.89. The van der Waals surface area contributed by atoms with E-state index in [0.717, 1.165) is 0 Å². The summed E-state index contributed by atoms with van der Waals surface area (Å²) in [5.74, 6) is 0.102. The molecular weight excluding hydrogens is 342 g/mol. The van der Waals surface area contributed by atoms with Crippen LogP contribution in [0.4, 0.5) is 5.95 Å². The van der Waals surface area contributed by atoms with Crippen LogP contribution in [0.5, 0.6) is 0 Å². The number of halogens is 1. The van der Waals surface area contributed by atoms with Crippen LogP contribution in [-0.2, 0) is 14.8 Å². The third-order valence-corrected chi connectivity index (χ3v) is 5.56. The molecule has 0 aromatic carbocycles. The Morgan fingerprint density at radius 2 is 1.91 bits per heavy atom. The zero-order valence-corrected chi connectivity index (χ0v) is 14.4. The molecule has 1 fully saturated rings. The molecule has 0 bridgehead atoms. The molecule has 1 aromatic rings. The second-order valence-corrected chi connectivity index (χ2v) is 7.90. The lowest BCUT2D eigenvalue weighted by Gasteiger charge is -2.33. The molecule has 0 saturated carbocycles. The minimum Gasteiger partial charge on any atom is -0.354 e. The summed E-state index contributed by atoms with van der Waals surface area (Å²) in [5.41, 5.74) is 0. The number of sulfonamides is 1. The lowest BCUT2D eigenvalue weighted by molar-refractivity contribution is -0.120. The van der Waals surface area contributed by atoms with Gasteiger partial charge >= 0.3 is 0 Å². The van der Waals surface area contributed by atoms with Gasteiger partial charge in [-0.05, 0) is 13.0 Å². The number of carbonyl (C=O) groups is 1. The highest BCUT2D eigenvalue weighted by molar-refractivity contribution is 7.89. The number of nitrogens with one attached hydrogen (secondary N) is 1. The first-order valence-electron chi connectivity index (χ1n) is 7.32. The van der Waals surface area contributed by atoms with E-state index in [1.807, 2.05) is 4.90 Å². The summed E-state index contributed by atoms with van der Waals surface area (Å²) in [6, 6.07) is 1.74. The van der Waals surface area contributed by atoms with Crippen LogP contribution >= 0.6 is 11.6 Å². The Morgan fingerprint density at radius 1 is 1.30 bits per heavy atom. The van der Waals surface area contributed by atoms with Gasteiger partial charge in [-0.15, -0.1) is 11.6 Å². The largest absolute Gasteiger partial charge is 0.354 e. The Labute approximate surface area is 140 Å². The molecule has 23 heavy (non-hydrogen) atoms. The van der Waals surface area contributed by atoms with E-state index >= 15 is 0 Å². The highest BCUT2D eigenvalue weighted by atomic mass is 35.5. The van der Waals surface area contributed by atoms with Crippen LogP contribution < -0.4 is 10.2 Å². The van der Waals surface area contributed by atoms with Crippen LogP contribution in [0.15, 0.2) is 18.5 Å². The molecule has 0 radical (unpaired) electrons. The molecule has 128 valence electrons. The molecule has 2 rings (SSSR count). The van der Waals surface area contributed by atoms with Gasteiger partial charge in [-0.25, -0.2) is 18.4 Å². The van der Waals surface area contributed by atoms with Gasteiger partial charge < -0.3 is 10.2 Å². The van der Waals surface area contributed by atoms with Crippen LogP contribution in [-0.4, -0.2) is 72.5 Å². The number of aromatic nitrogens is 2. The monoisotopic (exact) mass is 361 g/mol. The van der Waals surface area contributed by atoms with Gasteiger partial charge in [-0.1, -0.05) is 0 Å². The fraction of sp³-hybridized carbons (Fsp3) is 0.615. The van der Waals surface area contributed by atoms with Crippen LogP contribution in [0, 0.1) is 0 Å². The normalized spacial score (nSPS) is 17.7. The molecule has 1 aromatic heterocycles. The van der Waals surface area contributed by atoms with Crippen molar-refractivity contribution in [3.63, 3.8) is 0 Å². The molecule has 1 unspecified atom stereocenters. The van der Waals surface area contributed by atoms with Gasteiger partial charge in [-0.3, -0.25) is 4.79 Å². The first kappa shape index (κ1) is 17.9. The number of piperazine rings is 1. The SMILES string of the molecule is CC(Cl)C(=O)NCCS(=O)(=O)N1CCN(c2ncccn2)CC1. The topological polar surface area (TPSA) is 95.5 Å². The average molecular weight is 362 g/mol. The van der Waals surface area contributed by atoms with Crippen LogP contribution in [0.1, 0.15) is 6.92 Å². The smallest absolute Gasteiger partial charge is 0.237 e. The van der Waals surface area contributed by atoms with Gasteiger partial charge in [0.15, 0.2) is 0 Å². The summed E-state index contributed by atoms with van der Waals surface area (Å²) in [4.78, 5) is 21.6. The summed E-state index contributed by atoms with van der Waals surface area (Å²) < 4.78 is 26.0. The highest BCUT2D eigenvalue weighted by Gasteiger charge is 2.27. The molecule has 1 aliphatic heterocycles. The molecule has 1 amide bonds. The maximum Gasteiger partial charge on any atom is 0.237 e. The zero-order chi connectivity index (χ0) is 16.9. The van der Waals surface area contributed by atoms with E-state index in [9.17, 15) is 13.2 Å². The number of anilines is 1. The van der Waals surface area contributed by atoms with Crippen molar-refractivity contribution in [3.05, 3.63) is 18.5 Å². The van der Waals surface area contributed by atoms with Gasteiger partial charge in [0.25, 0.3) is 0 Å². The van der Waals surface area contributed by atoms with Crippen molar-refractivity contribution in [1.82, 2.24) is 19.6 Å². The van der Waals surface area contributed by atoms with E-state index in [1.54, 1.807) is 18.5 Å². The molecule has 1 aliphatic rings. The van der Waals surface area contributed by atoms with Gasteiger partial charge in [0, 0.05) is 45.1 Å². The summed E-state index contributed by atoms with van der Waals surface area (Å²) in [5, 5.41) is 1.83. The minimum absolute atomic E-state index is 0.0558. The van der Waals surface area contributed by atoms with Crippen molar-refractivity contribution in [2.75, 3.05) is 43.4 Å². The fourth-order valence-corrected chi connectivity index (χ4v) is 3.61. The van der Waals surface area contributed by atoms with Crippen LogP contribution in [0.25, 0.3) is 0 Å². The molecule has 0 spiro atoms. The van der Waals surface area contributed by atoms with Crippen molar-refractivity contribution in [3.8, 4) is 0 Å². The third kappa shape index (κ3) is 5.02. The first-order valence-corrected chi connectivity index (χ1v) is 9.36. The summed E-state index contributed by atoms with van der Waals surface area (Å²) in [6.07, 6.45) is 3.32. The predicted molar refractivity (Wildman–Crippen MR) is 87.9 cm³/mol. The number of carbonyl (C=O) groups excluding carboxylic acids is 1. The lowest BCUT2D eigenvalue weighted by Crippen LogP contribution is -2.50. The standard InChI is InChI=1S/C13H20ClN5O3S/c1-11(14)12(20)15-5-10-23(21,22)19-8-6-18(7-9-19)13-16-3-2-4-17-13/h2-4,11H,5-10H2,1H3,(H,15,20). The van der Waals surface area contributed by atoms with Crippen molar-refractivity contribution < 1.29 is 13.2 Å². The molecule has 8 nitrogen and oxygen atoms in total. The summed E-state index contributed by atoms with van der Waals surface area (Å²) >= 11 is 5.61. The van der Waals surface area contributed by atoms with Crippen LogP contribution in [0.2, 0.25) is 0 Å². The number of amides is 1. The van der Waals surface area contributed by atoms with Crippen LogP contribution in [0.3, 0.4) is 0 Å². The molecular formula is C13H20ClN5O3S. The van der Waals surface area contributed by atoms with Crippen molar-refractivity contribution in [2.45, 2.75) is 12.3 Å². The fourth-order valence-electron chi connectivity index (χ4n) is 2.19. The first-order chi connectivity index (χ1) is 10.9. The molecule has 10 heteroatoms. The van der Waals surface area contributed by atoms with E-state index in [2.05, 4.69) is 15.3 Å². The number of rotatable bonds is 6. The number of nitrogens with zero attached hydrogens (tertiary/aromatic N) is 4. The van der Waals surface area contributed by atoms with Crippen molar-refractivity contribution in [1.29, 1.82) is 0 Å². The lowest BCUT2D eigenvalue weighted by atomic mass is 10.4. The maximum atomic E-state index is 12.3. The van der Waals surface area contributed by atoms with E-state index in [-0.39, 0.29) is 18.2 Å². The van der Waals surface area contributed by atoms with E-state index in [0.29, 0.717) is 32.1 Å². The number of hydrogen-bond acceptors (Lipinski definition) is 6. The maximum absolute atomic E-state index is 12.3. The summed E-state index contributed by atoms with van der Waals surface area (Å²) in [7, 11) is -3.40. The molecule has 2 heterocycles. The Morgan fingerprint density at radius 3 is 2.48 bits per heavy atom. The van der Waals surface area contributed by atoms with E-state index in [1.165, 1.54) is 11.2 Å².